The number of likely N-dealkylation sites (tertiary alicyclic amines) is 1. The lowest BCUT2D eigenvalue weighted by atomic mass is 10.1. The predicted molar refractivity (Wildman–Crippen MR) is 90.0 cm³/mol. The zero-order valence-corrected chi connectivity index (χ0v) is 15.2. The van der Waals surface area contributed by atoms with Crippen molar-refractivity contribution in [1.82, 2.24) is 14.6 Å². The second kappa shape index (κ2) is 7.78. The van der Waals surface area contributed by atoms with Gasteiger partial charge in [-0.3, -0.25) is 5.32 Å². The zero-order chi connectivity index (χ0) is 19.5. The summed E-state index contributed by atoms with van der Waals surface area (Å²) < 4.78 is 63.8. The van der Waals surface area contributed by atoms with E-state index < -0.39 is 33.0 Å². The first-order valence-corrected chi connectivity index (χ1v) is 9.64. The number of hydrogen-bond donors (Lipinski definition) is 2. The molecule has 0 aliphatic carbocycles. The van der Waals surface area contributed by atoms with Gasteiger partial charge in [-0.2, -0.15) is 13.2 Å². The van der Waals surface area contributed by atoms with Crippen LogP contribution in [0, 0.1) is 0 Å². The van der Waals surface area contributed by atoms with Crippen LogP contribution in [-0.2, 0) is 16.2 Å². The molecule has 0 aromatic carbocycles. The van der Waals surface area contributed by atoms with Crippen molar-refractivity contribution in [3.63, 3.8) is 0 Å². The minimum absolute atomic E-state index is 0.0191. The molecule has 0 unspecified atom stereocenters. The van der Waals surface area contributed by atoms with E-state index in [2.05, 4.69) is 15.0 Å². The first-order chi connectivity index (χ1) is 12.0. The fourth-order valence-electron chi connectivity index (χ4n) is 2.39. The lowest BCUT2D eigenvalue weighted by Gasteiger charge is -2.32. The fourth-order valence-corrected chi connectivity index (χ4v) is 3.37. The number of alkyl halides is 3. The first-order valence-electron chi connectivity index (χ1n) is 8.09. The Kier molecular flexibility index (Phi) is 6.12. The summed E-state index contributed by atoms with van der Waals surface area (Å²) in [5, 5.41) is 1.91. The molecule has 26 heavy (non-hydrogen) atoms. The van der Waals surface area contributed by atoms with E-state index in [0.29, 0.717) is 32.1 Å². The molecule has 0 spiro atoms. The molecule has 0 atom stereocenters. The van der Waals surface area contributed by atoms with Crippen LogP contribution in [0.1, 0.15) is 32.3 Å². The van der Waals surface area contributed by atoms with Crippen LogP contribution in [0.25, 0.3) is 0 Å². The molecule has 1 saturated heterocycles. The Morgan fingerprint density at radius 3 is 2.35 bits per heavy atom. The average molecular weight is 394 g/mol. The second-order valence-electron chi connectivity index (χ2n) is 6.33. The number of carbonyl (C=O) groups is 1. The summed E-state index contributed by atoms with van der Waals surface area (Å²) in [6, 6.07) is 1.21. The number of aromatic nitrogens is 1. The van der Waals surface area contributed by atoms with Gasteiger partial charge < -0.3 is 4.90 Å². The highest BCUT2D eigenvalue weighted by Crippen LogP contribution is 2.28. The lowest BCUT2D eigenvalue weighted by molar-refractivity contribution is -0.137. The molecule has 11 heteroatoms. The number of pyridine rings is 1. The van der Waals surface area contributed by atoms with Crippen molar-refractivity contribution in [3.8, 4) is 0 Å². The summed E-state index contributed by atoms with van der Waals surface area (Å²) in [7, 11) is -3.37. The summed E-state index contributed by atoms with van der Waals surface area (Å²) >= 11 is 0. The molecular formula is C15H21F3N4O3S. The number of rotatable bonds is 4. The molecule has 2 heterocycles. The maximum absolute atomic E-state index is 12.5. The maximum Gasteiger partial charge on any atom is 0.417 e. The fraction of sp³-hybridized carbons (Fsp3) is 0.600. The third-order valence-electron chi connectivity index (χ3n) is 4.06. The number of sulfonamides is 1. The van der Waals surface area contributed by atoms with Gasteiger partial charge in [-0.15, -0.1) is 0 Å². The average Bonchev–Trinajstić information content (AvgIpc) is 2.54. The van der Waals surface area contributed by atoms with E-state index in [1.54, 1.807) is 13.8 Å². The van der Waals surface area contributed by atoms with E-state index in [1.165, 1.54) is 4.90 Å². The summed E-state index contributed by atoms with van der Waals surface area (Å²) in [5.74, 6) is 0.0191. The molecule has 0 radical (unpaired) electrons. The van der Waals surface area contributed by atoms with Crippen LogP contribution in [-0.4, -0.2) is 48.7 Å². The number of piperidine rings is 1. The topological polar surface area (TPSA) is 91.4 Å². The highest BCUT2D eigenvalue weighted by atomic mass is 32.2. The van der Waals surface area contributed by atoms with Crippen LogP contribution in [0.3, 0.4) is 0 Å². The van der Waals surface area contributed by atoms with Crippen LogP contribution < -0.4 is 10.0 Å². The normalized spacial score (nSPS) is 16.8. The largest absolute Gasteiger partial charge is 0.417 e. The summed E-state index contributed by atoms with van der Waals surface area (Å²) in [6.45, 7) is 3.83. The van der Waals surface area contributed by atoms with E-state index in [1.807, 2.05) is 0 Å². The molecule has 2 amide bonds. The summed E-state index contributed by atoms with van der Waals surface area (Å²) in [4.78, 5) is 17.2. The smallest absolute Gasteiger partial charge is 0.324 e. The van der Waals surface area contributed by atoms with Crippen LogP contribution in [0.5, 0.6) is 0 Å². The number of hydrogen-bond acceptors (Lipinski definition) is 4. The molecule has 1 aliphatic rings. The molecule has 1 aliphatic heterocycles. The SMILES string of the molecule is CC(C)S(=O)(=O)NC1CCN(C(=O)Nc2ccc(C(F)(F)F)cn2)CC1. The van der Waals surface area contributed by atoms with Gasteiger partial charge in [0, 0.05) is 25.3 Å². The predicted octanol–water partition coefficient (Wildman–Crippen LogP) is 2.42. The highest BCUT2D eigenvalue weighted by molar-refractivity contribution is 7.90. The van der Waals surface area contributed by atoms with E-state index in [0.717, 1.165) is 12.1 Å². The van der Waals surface area contributed by atoms with Crippen molar-refractivity contribution in [2.24, 2.45) is 0 Å². The van der Waals surface area contributed by atoms with Gasteiger partial charge in [-0.05, 0) is 38.8 Å². The van der Waals surface area contributed by atoms with Crippen molar-refractivity contribution in [1.29, 1.82) is 0 Å². The van der Waals surface area contributed by atoms with Crippen molar-refractivity contribution in [3.05, 3.63) is 23.9 Å². The number of nitrogens with one attached hydrogen (secondary N) is 2. The molecule has 0 saturated carbocycles. The number of nitrogens with zero attached hydrogens (tertiary/aromatic N) is 2. The molecule has 146 valence electrons. The van der Waals surface area contributed by atoms with Gasteiger partial charge >= 0.3 is 12.2 Å². The molecule has 1 aromatic heterocycles. The lowest BCUT2D eigenvalue weighted by Crippen LogP contribution is -2.48. The molecule has 1 fully saturated rings. The van der Waals surface area contributed by atoms with Gasteiger partial charge in [-0.1, -0.05) is 0 Å². The van der Waals surface area contributed by atoms with Crippen molar-refractivity contribution in [2.75, 3.05) is 18.4 Å². The van der Waals surface area contributed by atoms with Gasteiger partial charge in [0.2, 0.25) is 10.0 Å². The number of amides is 2. The summed E-state index contributed by atoms with van der Waals surface area (Å²) in [5.41, 5.74) is -0.895. The molecule has 1 aromatic rings. The third kappa shape index (κ3) is 5.31. The minimum atomic E-state index is -4.49. The van der Waals surface area contributed by atoms with E-state index in [4.69, 9.17) is 0 Å². The molecule has 7 nitrogen and oxygen atoms in total. The first kappa shape index (κ1) is 20.4. The van der Waals surface area contributed by atoms with Crippen molar-refractivity contribution < 1.29 is 26.4 Å². The van der Waals surface area contributed by atoms with Crippen LogP contribution in [0.2, 0.25) is 0 Å². The number of halogens is 3. The number of carbonyl (C=O) groups excluding carboxylic acids is 1. The van der Waals surface area contributed by atoms with E-state index in [-0.39, 0.29) is 11.9 Å². The van der Waals surface area contributed by atoms with Gasteiger partial charge in [-0.25, -0.2) is 22.9 Å². The Morgan fingerprint density at radius 1 is 1.27 bits per heavy atom. The van der Waals surface area contributed by atoms with Gasteiger partial charge in [0.15, 0.2) is 0 Å². The molecule has 2 rings (SSSR count). The Labute approximate surface area is 150 Å². The number of anilines is 1. The van der Waals surface area contributed by atoms with E-state index >= 15 is 0 Å². The maximum atomic E-state index is 12.5. The zero-order valence-electron chi connectivity index (χ0n) is 14.4. The number of urea groups is 1. The van der Waals surface area contributed by atoms with Gasteiger partial charge in [0.25, 0.3) is 0 Å². The van der Waals surface area contributed by atoms with Crippen LogP contribution in [0.4, 0.5) is 23.8 Å². The highest BCUT2D eigenvalue weighted by Gasteiger charge is 2.31. The molecule has 0 bridgehead atoms. The third-order valence-corrected chi connectivity index (χ3v) is 5.96. The van der Waals surface area contributed by atoms with Crippen molar-refractivity contribution in [2.45, 2.75) is 44.2 Å². The second-order valence-corrected chi connectivity index (χ2v) is 8.60. The standard InChI is InChI=1S/C15H21F3N4O3S/c1-10(2)26(24,25)21-12-5-7-22(8-6-12)14(23)20-13-4-3-11(9-19-13)15(16,17)18/h3-4,9-10,12,21H,5-8H2,1-2H3,(H,19,20,23). The van der Waals surface area contributed by atoms with E-state index in [9.17, 15) is 26.4 Å². The van der Waals surface area contributed by atoms with Gasteiger partial charge in [0.1, 0.15) is 5.82 Å². The molecular weight excluding hydrogens is 373 g/mol. The van der Waals surface area contributed by atoms with Crippen LogP contribution >= 0.6 is 0 Å². The van der Waals surface area contributed by atoms with Crippen LogP contribution in [0.15, 0.2) is 18.3 Å². The quantitative estimate of drug-likeness (QED) is 0.821. The Bertz CT molecular complexity index is 727. The minimum Gasteiger partial charge on any atom is -0.324 e. The monoisotopic (exact) mass is 394 g/mol. The summed E-state index contributed by atoms with van der Waals surface area (Å²) in [6.07, 6.45) is -2.91. The Morgan fingerprint density at radius 2 is 1.88 bits per heavy atom. The molecule has 2 N–H and O–H groups in total. The van der Waals surface area contributed by atoms with Crippen molar-refractivity contribution >= 4 is 21.9 Å². The Hall–Kier alpha value is -1.88. The Balaban J connectivity index is 1.87. The van der Waals surface area contributed by atoms with Gasteiger partial charge in [0.05, 0.1) is 10.8 Å².